The van der Waals surface area contributed by atoms with Crippen LogP contribution in [-0.4, -0.2) is 16.7 Å². The number of nitrogens with zero attached hydrogens (tertiary/aromatic N) is 1. The zero-order valence-corrected chi connectivity index (χ0v) is 10.8. The Bertz CT molecular complexity index is 348. The molecular weight excluding hydrogens is 209 g/mol. The van der Waals surface area contributed by atoms with Crippen molar-refractivity contribution in [1.82, 2.24) is 4.98 Å². The summed E-state index contributed by atoms with van der Waals surface area (Å²) in [5.74, 6) is -2.76. The summed E-state index contributed by atoms with van der Waals surface area (Å²) in [5.41, 5.74) is 0.664. The Morgan fingerprint density at radius 2 is 2.14 bits per heavy atom. The summed E-state index contributed by atoms with van der Waals surface area (Å²) in [6, 6.07) is 3.38. The molecule has 1 heterocycles. The van der Waals surface area contributed by atoms with Crippen molar-refractivity contribution < 1.29 is 66.1 Å². The Hall–Kier alpha value is -0.334. The van der Waals surface area contributed by atoms with E-state index in [0.29, 0.717) is 5.56 Å². The Labute approximate surface area is 123 Å². The molecule has 0 aliphatic heterocycles. The van der Waals surface area contributed by atoms with Gasteiger partial charge in [-0.25, -0.2) is 0 Å². The topological polar surface area (TPSA) is 70.1 Å². The standard InChI is InChI=1S/C9H7NO3.K/c11-8(9(12)13)4-3-7-2-1-5-10-6-7;/h1-6H,(H,12,13);/q;+1/p-1/b4-3+;. The van der Waals surface area contributed by atoms with E-state index in [-0.39, 0.29) is 51.4 Å². The molecule has 0 saturated carbocycles. The summed E-state index contributed by atoms with van der Waals surface area (Å²) in [4.78, 5) is 24.3. The predicted molar refractivity (Wildman–Crippen MR) is 43.3 cm³/mol. The van der Waals surface area contributed by atoms with E-state index < -0.39 is 11.8 Å². The summed E-state index contributed by atoms with van der Waals surface area (Å²) in [6.45, 7) is 0. The van der Waals surface area contributed by atoms with E-state index in [0.717, 1.165) is 6.08 Å². The Kier molecular flexibility index (Phi) is 6.86. The second kappa shape index (κ2) is 7.02. The van der Waals surface area contributed by atoms with Crippen LogP contribution in [0.1, 0.15) is 5.56 Å². The number of carboxylic acids is 1. The third-order valence-electron chi connectivity index (χ3n) is 1.31. The van der Waals surface area contributed by atoms with Gasteiger partial charge in [0.15, 0.2) is 0 Å². The molecule has 0 saturated heterocycles. The number of hydrogen-bond acceptors (Lipinski definition) is 4. The van der Waals surface area contributed by atoms with Crippen molar-refractivity contribution >= 4 is 17.8 Å². The minimum Gasteiger partial charge on any atom is -0.541 e. The number of aliphatic carboxylic acids is 1. The summed E-state index contributed by atoms with van der Waals surface area (Å²) >= 11 is 0. The van der Waals surface area contributed by atoms with Crippen LogP contribution in [0.4, 0.5) is 0 Å². The van der Waals surface area contributed by atoms with E-state index in [9.17, 15) is 14.7 Å². The van der Waals surface area contributed by atoms with Crippen molar-refractivity contribution in [2.45, 2.75) is 0 Å². The van der Waals surface area contributed by atoms with E-state index in [1.165, 1.54) is 12.3 Å². The van der Waals surface area contributed by atoms with Gasteiger partial charge in [0.1, 0.15) is 5.97 Å². The van der Waals surface area contributed by atoms with Gasteiger partial charge in [-0.1, -0.05) is 6.07 Å². The van der Waals surface area contributed by atoms with E-state index >= 15 is 0 Å². The van der Waals surface area contributed by atoms with Crippen molar-refractivity contribution in [2.24, 2.45) is 0 Å². The molecule has 0 aliphatic rings. The van der Waals surface area contributed by atoms with Gasteiger partial charge >= 0.3 is 51.4 Å². The Balaban J connectivity index is 0.00000169. The molecule has 4 nitrogen and oxygen atoms in total. The first-order valence-electron chi connectivity index (χ1n) is 3.53. The summed E-state index contributed by atoms with van der Waals surface area (Å²) in [6.07, 6.45) is 5.40. The molecule has 0 fully saturated rings. The predicted octanol–water partition coefficient (Wildman–Crippen LogP) is -3.58. The van der Waals surface area contributed by atoms with Gasteiger partial charge in [0.25, 0.3) is 0 Å². The first kappa shape index (κ1) is 13.7. The summed E-state index contributed by atoms with van der Waals surface area (Å²) in [5, 5.41) is 9.99. The summed E-state index contributed by atoms with van der Waals surface area (Å²) in [7, 11) is 0. The number of hydrogen-bond donors (Lipinski definition) is 0. The van der Waals surface area contributed by atoms with Gasteiger partial charge in [0.2, 0.25) is 5.78 Å². The molecule has 1 aromatic rings. The maximum atomic E-state index is 10.5. The molecule has 0 N–H and O–H groups in total. The smallest absolute Gasteiger partial charge is 0.541 e. The molecule has 0 spiro atoms. The zero-order chi connectivity index (χ0) is 9.68. The van der Waals surface area contributed by atoms with Crippen molar-refractivity contribution in [1.29, 1.82) is 0 Å². The largest absolute Gasteiger partial charge is 1.00 e. The van der Waals surface area contributed by atoms with Crippen molar-refractivity contribution in [3.63, 3.8) is 0 Å². The minimum atomic E-state index is -1.71. The average molecular weight is 215 g/mol. The number of rotatable bonds is 3. The van der Waals surface area contributed by atoms with Crippen LogP contribution in [0.3, 0.4) is 0 Å². The Morgan fingerprint density at radius 3 is 2.64 bits per heavy atom. The molecule has 0 bridgehead atoms. The van der Waals surface area contributed by atoms with Crippen LogP contribution < -0.4 is 56.5 Å². The quantitative estimate of drug-likeness (QED) is 0.297. The molecule has 0 aromatic carbocycles. The van der Waals surface area contributed by atoms with Crippen LogP contribution in [-0.2, 0) is 9.59 Å². The molecule has 0 aliphatic carbocycles. The normalized spacial score (nSPS) is 9.43. The van der Waals surface area contributed by atoms with E-state index in [1.54, 1.807) is 18.3 Å². The van der Waals surface area contributed by atoms with E-state index in [2.05, 4.69) is 4.98 Å². The van der Waals surface area contributed by atoms with Crippen LogP contribution in [0, 0.1) is 0 Å². The summed E-state index contributed by atoms with van der Waals surface area (Å²) < 4.78 is 0. The van der Waals surface area contributed by atoms with Gasteiger partial charge < -0.3 is 9.90 Å². The molecule has 0 unspecified atom stereocenters. The van der Waals surface area contributed by atoms with Gasteiger partial charge in [0, 0.05) is 12.4 Å². The number of pyridine rings is 1. The molecule has 1 aromatic heterocycles. The van der Waals surface area contributed by atoms with Crippen molar-refractivity contribution in [3.05, 3.63) is 36.2 Å². The Morgan fingerprint density at radius 1 is 1.43 bits per heavy atom. The molecule has 0 radical (unpaired) electrons. The molecule has 14 heavy (non-hydrogen) atoms. The SMILES string of the molecule is O=C([O-])C(=O)/C=C/c1cccnc1.[K+]. The van der Waals surface area contributed by atoms with Crippen LogP contribution in [0.5, 0.6) is 0 Å². The average Bonchev–Trinajstić information content (AvgIpc) is 2.15. The van der Waals surface area contributed by atoms with Crippen LogP contribution in [0.25, 0.3) is 6.08 Å². The fourth-order valence-electron chi connectivity index (χ4n) is 0.715. The molecule has 0 atom stereocenters. The third kappa shape index (κ3) is 4.78. The van der Waals surface area contributed by atoms with Crippen molar-refractivity contribution in [2.75, 3.05) is 0 Å². The van der Waals surface area contributed by atoms with E-state index in [1.807, 2.05) is 0 Å². The monoisotopic (exact) mass is 215 g/mol. The maximum Gasteiger partial charge on any atom is 1.00 e. The van der Waals surface area contributed by atoms with Gasteiger partial charge in [-0.2, -0.15) is 0 Å². The second-order valence-corrected chi connectivity index (χ2v) is 2.27. The van der Waals surface area contributed by atoms with Crippen LogP contribution in [0.2, 0.25) is 0 Å². The van der Waals surface area contributed by atoms with Gasteiger partial charge in [0.05, 0.1) is 0 Å². The van der Waals surface area contributed by atoms with E-state index in [4.69, 9.17) is 0 Å². The fourth-order valence-corrected chi connectivity index (χ4v) is 0.715. The number of ketones is 1. The minimum absolute atomic E-state index is 0. The number of carbonyl (C=O) groups is 2. The fraction of sp³-hybridized carbons (Fsp3) is 0. The molecule has 1 rings (SSSR count). The number of carbonyl (C=O) groups excluding carboxylic acids is 2. The molecule has 66 valence electrons. The molecule has 0 amide bonds. The molecule has 5 heteroatoms. The van der Waals surface area contributed by atoms with Gasteiger partial charge in [-0.3, -0.25) is 9.78 Å². The first-order valence-corrected chi connectivity index (χ1v) is 3.53. The molecular formula is C9H6KNO3. The van der Waals surface area contributed by atoms with Gasteiger partial charge in [-0.05, 0) is 23.8 Å². The van der Waals surface area contributed by atoms with Crippen molar-refractivity contribution in [3.8, 4) is 0 Å². The second-order valence-electron chi connectivity index (χ2n) is 2.27. The first-order chi connectivity index (χ1) is 6.20. The number of carboxylic acid groups (broad SMARTS) is 1. The third-order valence-corrected chi connectivity index (χ3v) is 1.31. The van der Waals surface area contributed by atoms with Crippen LogP contribution >= 0.6 is 0 Å². The van der Waals surface area contributed by atoms with Crippen LogP contribution in [0.15, 0.2) is 30.6 Å². The maximum absolute atomic E-state index is 10.5. The van der Waals surface area contributed by atoms with Gasteiger partial charge in [-0.15, -0.1) is 0 Å². The zero-order valence-electron chi connectivity index (χ0n) is 7.64. The number of aromatic nitrogens is 1.